The molecule has 0 bridgehead atoms. The molecule has 0 atom stereocenters. The van der Waals surface area contributed by atoms with Gasteiger partial charge in [-0.15, -0.1) is 0 Å². The highest BCUT2D eigenvalue weighted by Gasteiger charge is 2.38. The van der Waals surface area contributed by atoms with Crippen molar-refractivity contribution in [1.82, 2.24) is 15.3 Å². The molecule has 5 rings (SSSR count). The van der Waals surface area contributed by atoms with E-state index in [4.69, 9.17) is 14.5 Å². The summed E-state index contributed by atoms with van der Waals surface area (Å²) in [7, 11) is 1.62. The minimum Gasteiger partial charge on any atom is -0.482 e. The van der Waals surface area contributed by atoms with Crippen LogP contribution >= 0.6 is 0 Å². The van der Waals surface area contributed by atoms with Gasteiger partial charge < -0.3 is 30.3 Å². The van der Waals surface area contributed by atoms with E-state index in [2.05, 4.69) is 54.7 Å². The number of anilines is 4. The zero-order valence-corrected chi connectivity index (χ0v) is 24.2. The summed E-state index contributed by atoms with van der Waals surface area (Å²) < 4.78 is 11.0. The molecule has 3 N–H and O–H groups in total. The number of nitrogens with one attached hydrogen (secondary N) is 3. The van der Waals surface area contributed by atoms with Gasteiger partial charge in [-0.05, 0) is 64.3 Å². The summed E-state index contributed by atoms with van der Waals surface area (Å²) >= 11 is 0. The van der Waals surface area contributed by atoms with Crippen molar-refractivity contribution < 1.29 is 14.3 Å². The van der Waals surface area contributed by atoms with E-state index in [0.29, 0.717) is 36.2 Å². The molecule has 1 amide bonds. The monoisotopic (exact) mass is 555 g/mol. The summed E-state index contributed by atoms with van der Waals surface area (Å²) in [5.41, 5.74) is 3.66. The lowest BCUT2D eigenvalue weighted by Crippen LogP contribution is -2.60. The molecule has 1 saturated heterocycles. The standard InChI is InChI=1S/C31H37N7O3/c1-30(2)15-22(16-31(3,4)37-30)34-28-21(17-32)18-33-29(36-28)35-24-9-7-6-8-23(24)20-10-11-25-26(14-20)41-19-27(39)38(25)12-13-40-5/h6-11,14,18,22,37H,12-13,15-16,19H2,1-5H3,(H2,33,34,35,36). The van der Waals surface area contributed by atoms with E-state index in [1.165, 1.54) is 0 Å². The third kappa shape index (κ3) is 6.42. The molecule has 41 heavy (non-hydrogen) atoms. The van der Waals surface area contributed by atoms with Gasteiger partial charge in [0.1, 0.15) is 23.2 Å². The molecule has 214 valence electrons. The SMILES string of the molecule is COCCN1C(=O)COc2cc(-c3ccccc3Nc3ncc(C#N)c(NC4CC(C)(C)NC(C)(C)C4)n3)ccc21. The molecule has 0 saturated carbocycles. The average molecular weight is 556 g/mol. The van der Waals surface area contributed by atoms with E-state index < -0.39 is 0 Å². The van der Waals surface area contributed by atoms with Crippen molar-refractivity contribution in [1.29, 1.82) is 5.26 Å². The summed E-state index contributed by atoms with van der Waals surface area (Å²) in [4.78, 5) is 23.3. The lowest BCUT2D eigenvalue weighted by Gasteiger charge is -2.46. The summed E-state index contributed by atoms with van der Waals surface area (Å²) in [6, 6.07) is 16.0. The Morgan fingerprint density at radius 1 is 1.17 bits per heavy atom. The Kier molecular flexibility index (Phi) is 7.84. The number of nitriles is 1. The number of carbonyl (C=O) groups is 1. The fraction of sp³-hybridized carbons (Fsp3) is 0.419. The smallest absolute Gasteiger partial charge is 0.265 e. The summed E-state index contributed by atoms with van der Waals surface area (Å²) in [6.07, 6.45) is 3.34. The molecule has 2 aliphatic rings. The number of aromatic nitrogens is 2. The van der Waals surface area contributed by atoms with E-state index in [1.807, 2.05) is 42.5 Å². The van der Waals surface area contributed by atoms with Crippen LogP contribution in [0.5, 0.6) is 5.75 Å². The molecule has 0 radical (unpaired) electrons. The summed E-state index contributed by atoms with van der Waals surface area (Å²) in [6.45, 7) is 9.66. The van der Waals surface area contributed by atoms with Crippen molar-refractivity contribution in [3.63, 3.8) is 0 Å². The molecule has 3 heterocycles. The van der Waals surface area contributed by atoms with E-state index in [-0.39, 0.29) is 29.6 Å². The number of methoxy groups -OCH3 is 1. The van der Waals surface area contributed by atoms with Gasteiger partial charge in [0.25, 0.3) is 5.91 Å². The van der Waals surface area contributed by atoms with E-state index in [9.17, 15) is 10.1 Å². The van der Waals surface area contributed by atoms with Crippen LogP contribution in [0.1, 0.15) is 46.1 Å². The number of hydrogen-bond donors (Lipinski definition) is 3. The molecular formula is C31H37N7O3. The number of amides is 1. The maximum absolute atomic E-state index is 12.4. The predicted octanol–water partition coefficient (Wildman–Crippen LogP) is 4.85. The fourth-order valence-electron chi connectivity index (χ4n) is 6.02. The molecule has 2 aromatic carbocycles. The third-order valence-corrected chi connectivity index (χ3v) is 7.35. The number of rotatable bonds is 8. The highest BCUT2D eigenvalue weighted by Crippen LogP contribution is 2.38. The Bertz CT molecular complexity index is 1460. The number of carbonyl (C=O) groups excluding carboxylic acids is 1. The van der Waals surface area contributed by atoms with Gasteiger partial charge in [0.15, 0.2) is 6.61 Å². The summed E-state index contributed by atoms with van der Waals surface area (Å²) in [5, 5.41) is 20.3. The maximum Gasteiger partial charge on any atom is 0.265 e. The lowest BCUT2D eigenvalue weighted by atomic mass is 9.79. The van der Waals surface area contributed by atoms with Crippen LogP contribution in [0, 0.1) is 11.3 Å². The molecule has 0 aliphatic carbocycles. The zero-order chi connectivity index (χ0) is 29.2. The van der Waals surface area contributed by atoms with Crippen molar-refractivity contribution in [3.05, 3.63) is 54.2 Å². The van der Waals surface area contributed by atoms with Crippen LogP contribution < -0.4 is 25.6 Å². The van der Waals surface area contributed by atoms with Crippen molar-refractivity contribution >= 4 is 29.0 Å². The van der Waals surface area contributed by atoms with Crippen LogP contribution in [-0.4, -0.2) is 59.9 Å². The van der Waals surface area contributed by atoms with Gasteiger partial charge in [0.2, 0.25) is 5.95 Å². The second-order valence-corrected chi connectivity index (χ2v) is 11.9. The number of piperidine rings is 1. The lowest BCUT2D eigenvalue weighted by molar-refractivity contribution is -0.121. The molecule has 10 heteroatoms. The van der Waals surface area contributed by atoms with Crippen molar-refractivity contribution in [2.75, 3.05) is 42.4 Å². The quantitative estimate of drug-likeness (QED) is 0.358. The largest absolute Gasteiger partial charge is 0.482 e. The van der Waals surface area contributed by atoms with Gasteiger partial charge in [-0.3, -0.25) is 4.79 Å². The molecule has 3 aromatic rings. The van der Waals surface area contributed by atoms with Gasteiger partial charge in [-0.25, -0.2) is 4.98 Å². The van der Waals surface area contributed by atoms with Crippen LogP contribution in [0.3, 0.4) is 0 Å². The Labute approximate surface area is 241 Å². The van der Waals surface area contributed by atoms with Gasteiger partial charge in [-0.2, -0.15) is 10.2 Å². The number of hydrogen-bond acceptors (Lipinski definition) is 9. The van der Waals surface area contributed by atoms with Crippen molar-refractivity contribution in [3.8, 4) is 22.9 Å². The molecule has 0 unspecified atom stereocenters. The van der Waals surface area contributed by atoms with Crippen LogP contribution in [-0.2, 0) is 9.53 Å². The Morgan fingerprint density at radius 2 is 1.93 bits per heavy atom. The predicted molar refractivity (Wildman–Crippen MR) is 160 cm³/mol. The van der Waals surface area contributed by atoms with Crippen LogP contribution in [0.4, 0.5) is 23.1 Å². The number of nitrogens with zero attached hydrogens (tertiary/aromatic N) is 4. The minimum atomic E-state index is -0.0941. The molecular weight excluding hydrogens is 518 g/mol. The number of para-hydroxylation sites is 1. The fourth-order valence-corrected chi connectivity index (χ4v) is 6.02. The molecule has 10 nitrogen and oxygen atoms in total. The Morgan fingerprint density at radius 3 is 2.66 bits per heavy atom. The topological polar surface area (TPSA) is 124 Å². The van der Waals surface area contributed by atoms with E-state index in [1.54, 1.807) is 18.2 Å². The first kappa shape index (κ1) is 28.3. The third-order valence-electron chi connectivity index (χ3n) is 7.35. The second-order valence-electron chi connectivity index (χ2n) is 11.9. The number of ether oxygens (including phenoxy) is 2. The van der Waals surface area contributed by atoms with Crippen LogP contribution in [0.25, 0.3) is 11.1 Å². The Hall–Kier alpha value is -4.20. The van der Waals surface area contributed by atoms with Gasteiger partial charge in [0, 0.05) is 42.0 Å². The van der Waals surface area contributed by atoms with Gasteiger partial charge in [-0.1, -0.05) is 24.3 Å². The normalized spacial score (nSPS) is 17.8. The van der Waals surface area contributed by atoms with E-state index in [0.717, 1.165) is 35.3 Å². The summed E-state index contributed by atoms with van der Waals surface area (Å²) in [5.74, 6) is 1.45. The van der Waals surface area contributed by atoms with Crippen LogP contribution in [0.15, 0.2) is 48.7 Å². The number of fused-ring (bicyclic) bond motifs is 1. The highest BCUT2D eigenvalue weighted by molar-refractivity contribution is 5.98. The molecule has 1 fully saturated rings. The second kappa shape index (κ2) is 11.4. The average Bonchev–Trinajstić information content (AvgIpc) is 2.91. The molecule has 1 aromatic heterocycles. The van der Waals surface area contributed by atoms with Crippen molar-refractivity contribution in [2.24, 2.45) is 0 Å². The maximum atomic E-state index is 12.4. The first-order valence-electron chi connectivity index (χ1n) is 13.8. The first-order chi connectivity index (χ1) is 19.6. The molecule has 2 aliphatic heterocycles. The molecule has 0 spiro atoms. The van der Waals surface area contributed by atoms with Crippen molar-refractivity contribution in [2.45, 2.75) is 57.7 Å². The van der Waals surface area contributed by atoms with E-state index >= 15 is 0 Å². The minimum absolute atomic E-state index is 0.0135. The van der Waals surface area contributed by atoms with Gasteiger partial charge >= 0.3 is 0 Å². The van der Waals surface area contributed by atoms with Gasteiger partial charge in [0.05, 0.1) is 18.5 Å². The zero-order valence-electron chi connectivity index (χ0n) is 24.2. The Balaban J connectivity index is 1.41. The first-order valence-corrected chi connectivity index (χ1v) is 13.8. The number of benzene rings is 2. The van der Waals surface area contributed by atoms with Crippen LogP contribution in [0.2, 0.25) is 0 Å². The highest BCUT2D eigenvalue weighted by atomic mass is 16.5.